The van der Waals surface area contributed by atoms with Gasteiger partial charge in [-0.25, -0.2) is 4.79 Å². The molecule has 0 spiro atoms. The Hall–Kier alpha value is -2.05. The minimum atomic E-state index is -4.97. The number of amides is 1. The van der Waals surface area contributed by atoms with E-state index in [0.29, 0.717) is 0 Å². The average Bonchev–Trinajstić information content (AvgIpc) is 2.19. The summed E-state index contributed by atoms with van der Waals surface area (Å²) in [6.45, 7) is 1.40. The number of halogens is 3. The van der Waals surface area contributed by atoms with Crippen LogP contribution in [0.2, 0.25) is 0 Å². The van der Waals surface area contributed by atoms with E-state index in [2.05, 4.69) is 0 Å². The fraction of sp³-hybridized carbons (Fsp3) is 0.200. The zero-order valence-corrected chi connectivity index (χ0v) is 8.63. The van der Waals surface area contributed by atoms with Gasteiger partial charge >= 0.3 is 18.1 Å². The molecule has 0 unspecified atom stereocenters. The summed E-state index contributed by atoms with van der Waals surface area (Å²) < 4.78 is 35.9. The van der Waals surface area contributed by atoms with Crippen molar-refractivity contribution >= 4 is 17.6 Å². The Morgan fingerprint density at radius 2 is 1.88 bits per heavy atom. The van der Waals surface area contributed by atoms with Gasteiger partial charge in [0, 0.05) is 5.69 Å². The zero-order chi connectivity index (χ0) is 13.2. The predicted octanol–water partition coefficient (Wildman–Crippen LogP) is 2.19. The number of anilines is 1. The van der Waals surface area contributed by atoms with Crippen LogP contribution < -0.4 is 5.32 Å². The molecule has 0 saturated carbocycles. The van der Waals surface area contributed by atoms with Crippen molar-refractivity contribution in [2.45, 2.75) is 13.1 Å². The Morgan fingerprint density at radius 1 is 1.29 bits per heavy atom. The van der Waals surface area contributed by atoms with E-state index in [9.17, 15) is 22.8 Å². The van der Waals surface area contributed by atoms with Gasteiger partial charge < -0.3 is 10.4 Å². The highest BCUT2D eigenvalue weighted by Crippen LogP contribution is 2.21. The highest BCUT2D eigenvalue weighted by molar-refractivity contribution is 5.96. The molecule has 0 aliphatic rings. The third-order valence-corrected chi connectivity index (χ3v) is 1.98. The molecule has 17 heavy (non-hydrogen) atoms. The molecule has 1 rings (SSSR count). The molecule has 0 aromatic heterocycles. The number of benzene rings is 1. The molecule has 0 bridgehead atoms. The van der Waals surface area contributed by atoms with Crippen LogP contribution in [0.4, 0.5) is 18.9 Å². The van der Waals surface area contributed by atoms with E-state index in [0.717, 1.165) is 12.1 Å². The van der Waals surface area contributed by atoms with E-state index in [-0.39, 0.29) is 16.8 Å². The molecule has 0 aliphatic carbocycles. The Labute approximate surface area is 94.1 Å². The van der Waals surface area contributed by atoms with E-state index < -0.39 is 18.1 Å². The van der Waals surface area contributed by atoms with Gasteiger partial charge in [-0.15, -0.1) is 0 Å². The number of hydrogen-bond acceptors (Lipinski definition) is 2. The van der Waals surface area contributed by atoms with Crippen molar-refractivity contribution in [1.29, 1.82) is 0 Å². The summed E-state index contributed by atoms with van der Waals surface area (Å²) in [5.41, 5.74) is 0.104. The minimum absolute atomic E-state index is 0.0625. The van der Waals surface area contributed by atoms with Crippen molar-refractivity contribution in [2.24, 2.45) is 0 Å². The third kappa shape index (κ3) is 3.20. The fourth-order valence-electron chi connectivity index (χ4n) is 1.13. The maximum Gasteiger partial charge on any atom is 0.471 e. The Morgan fingerprint density at radius 3 is 2.29 bits per heavy atom. The van der Waals surface area contributed by atoms with Crippen molar-refractivity contribution in [3.63, 3.8) is 0 Å². The third-order valence-electron chi connectivity index (χ3n) is 1.98. The number of carboxylic acids is 1. The Bertz CT molecular complexity index is 468. The molecule has 0 radical (unpaired) electrons. The van der Waals surface area contributed by atoms with Crippen LogP contribution >= 0.6 is 0 Å². The molecule has 0 atom stereocenters. The average molecular weight is 247 g/mol. The number of carboxylic acid groups (broad SMARTS) is 1. The van der Waals surface area contributed by atoms with E-state index in [4.69, 9.17) is 5.11 Å². The van der Waals surface area contributed by atoms with Gasteiger partial charge in [-0.2, -0.15) is 13.2 Å². The van der Waals surface area contributed by atoms with Crippen LogP contribution in [0.1, 0.15) is 15.9 Å². The largest absolute Gasteiger partial charge is 0.478 e. The number of rotatable bonds is 2. The molecular weight excluding hydrogens is 239 g/mol. The number of aryl methyl sites for hydroxylation is 1. The Balaban J connectivity index is 2.95. The first kappa shape index (κ1) is 13.0. The van der Waals surface area contributed by atoms with Gasteiger partial charge in [-0.05, 0) is 30.7 Å². The van der Waals surface area contributed by atoms with Gasteiger partial charge in [0.05, 0.1) is 5.56 Å². The van der Waals surface area contributed by atoms with Crippen LogP contribution in [0.15, 0.2) is 18.2 Å². The highest BCUT2D eigenvalue weighted by atomic mass is 19.4. The molecule has 4 nitrogen and oxygen atoms in total. The summed E-state index contributed by atoms with van der Waals surface area (Å²) in [4.78, 5) is 21.2. The van der Waals surface area contributed by atoms with Crippen molar-refractivity contribution in [2.75, 3.05) is 5.32 Å². The van der Waals surface area contributed by atoms with E-state index in [1.807, 2.05) is 0 Å². The van der Waals surface area contributed by atoms with Crippen molar-refractivity contribution < 1.29 is 27.9 Å². The van der Waals surface area contributed by atoms with Crippen molar-refractivity contribution in [3.05, 3.63) is 29.3 Å². The standard InChI is InChI=1S/C10H8F3NO3/c1-5-4-6(8(15)16)2-3-7(5)14-9(17)10(11,12)13/h2-4H,1H3,(H,14,17)(H,15,16). The van der Waals surface area contributed by atoms with Crippen LogP contribution in [0.3, 0.4) is 0 Å². The summed E-state index contributed by atoms with van der Waals surface area (Å²) in [6, 6.07) is 3.40. The number of carbonyl (C=O) groups excluding carboxylic acids is 1. The molecule has 1 aromatic carbocycles. The first-order valence-electron chi connectivity index (χ1n) is 4.44. The monoisotopic (exact) mass is 247 g/mol. The van der Waals surface area contributed by atoms with Crippen LogP contribution in [0.5, 0.6) is 0 Å². The number of carbonyl (C=O) groups is 2. The summed E-state index contributed by atoms with van der Waals surface area (Å²) in [5.74, 6) is -3.29. The molecule has 0 aliphatic heterocycles. The fourth-order valence-corrected chi connectivity index (χ4v) is 1.13. The maximum absolute atomic E-state index is 12.0. The van der Waals surface area contributed by atoms with Gasteiger partial charge in [0.2, 0.25) is 0 Å². The zero-order valence-electron chi connectivity index (χ0n) is 8.63. The summed E-state index contributed by atoms with van der Waals surface area (Å²) >= 11 is 0. The quantitative estimate of drug-likeness (QED) is 0.841. The lowest BCUT2D eigenvalue weighted by Gasteiger charge is -2.10. The molecule has 7 heteroatoms. The SMILES string of the molecule is Cc1cc(C(=O)O)ccc1NC(=O)C(F)(F)F. The number of hydrogen-bond donors (Lipinski definition) is 2. The lowest BCUT2D eigenvalue weighted by atomic mass is 10.1. The second kappa shape index (κ2) is 4.44. The van der Waals surface area contributed by atoms with Crippen LogP contribution in [0.25, 0.3) is 0 Å². The summed E-state index contributed by atoms with van der Waals surface area (Å²) in [5, 5.41) is 10.3. The molecule has 0 fully saturated rings. The number of aromatic carboxylic acids is 1. The molecule has 1 aromatic rings. The lowest BCUT2D eigenvalue weighted by Crippen LogP contribution is -2.30. The van der Waals surface area contributed by atoms with Gasteiger partial charge in [0.15, 0.2) is 0 Å². The topological polar surface area (TPSA) is 66.4 Å². The first-order chi connectivity index (χ1) is 7.71. The van der Waals surface area contributed by atoms with Crippen LogP contribution in [-0.4, -0.2) is 23.2 Å². The predicted molar refractivity (Wildman–Crippen MR) is 52.8 cm³/mol. The van der Waals surface area contributed by atoms with E-state index in [1.54, 1.807) is 5.32 Å². The van der Waals surface area contributed by atoms with Crippen LogP contribution in [-0.2, 0) is 4.79 Å². The molecule has 0 heterocycles. The summed E-state index contributed by atoms with van der Waals surface area (Å²) in [7, 11) is 0. The van der Waals surface area contributed by atoms with Crippen molar-refractivity contribution in [1.82, 2.24) is 0 Å². The lowest BCUT2D eigenvalue weighted by molar-refractivity contribution is -0.167. The van der Waals surface area contributed by atoms with Gasteiger partial charge in [0.1, 0.15) is 0 Å². The number of alkyl halides is 3. The van der Waals surface area contributed by atoms with E-state index >= 15 is 0 Å². The second-order valence-electron chi connectivity index (χ2n) is 3.29. The number of nitrogens with one attached hydrogen (secondary N) is 1. The normalized spacial score (nSPS) is 11.1. The smallest absolute Gasteiger partial charge is 0.471 e. The van der Waals surface area contributed by atoms with Gasteiger partial charge in [-0.3, -0.25) is 4.79 Å². The van der Waals surface area contributed by atoms with Crippen molar-refractivity contribution in [3.8, 4) is 0 Å². The molecule has 92 valence electrons. The molecule has 2 N–H and O–H groups in total. The van der Waals surface area contributed by atoms with E-state index in [1.165, 1.54) is 13.0 Å². The maximum atomic E-state index is 12.0. The van der Waals surface area contributed by atoms with Gasteiger partial charge in [-0.1, -0.05) is 0 Å². The molecule has 1 amide bonds. The van der Waals surface area contributed by atoms with Crippen LogP contribution in [0, 0.1) is 6.92 Å². The summed E-state index contributed by atoms with van der Waals surface area (Å²) in [6.07, 6.45) is -4.97. The molecule has 0 saturated heterocycles. The second-order valence-corrected chi connectivity index (χ2v) is 3.29. The highest BCUT2D eigenvalue weighted by Gasteiger charge is 2.38. The molecular formula is C10H8F3NO3. The van der Waals surface area contributed by atoms with Gasteiger partial charge in [0.25, 0.3) is 0 Å². The minimum Gasteiger partial charge on any atom is -0.478 e. The first-order valence-corrected chi connectivity index (χ1v) is 4.44. The Kier molecular flexibility index (Phi) is 3.40.